The van der Waals surface area contributed by atoms with Gasteiger partial charge in [-0.15, -0.1) is 0 Å². The number of carboxylic acid groups (broad SMARTS) is 1. The van der Waals surface area contributed by atoms with Gasteiger partial charge in [0.05, 0.1) is 6.61 Å². The van der Waals surface area contributed by atoms with Gasteiger partial charge in [0.25, 0.3) is 5.91 Å². The molecular weight excluding hydrogens is 204 g/mol. The van der Waals surface area contributed by atoms with Gasteiger partial charge in [-0.1, -0.05) is 0 Å². The van der Waals surface area contributed by atoms with Gasteiger partial charge in [0.2, 0.25) is 0 Å². The Hall–Kier alpha value is -1.92. The Morgan fingerprint density at radius 3 is 2.47 bits per heavy atom. The van der Waals surface area contributed by atoms with Gasteiger partial charge in [0.1, 0.15) is 12.1 Å². The zero-order valence-electron chi connectivity index (χ0n) is 8.44. The molecule has 0 unspecified atom stereocenters. The second kappa shape index (κ2) is 6.52. The number of carbonyl (C=O) groups excluding carboxylic acids is 2. The summed E-state index contributed by atoms with van der Waals surface area (Å²) < 4.78 is 4.58. The Labute approximate surface area is 86.1 Å². The lowest BCUT2D eigenvalue weighted by atomic mass is 10.4. The van der Waals surface area contributed by atoms with Crippen LogP contribution in [0.3, 0.4) is 0 Å². The molecule has 0 saturated heterocycles. The Morgan fingerprint density at radius 1 is 1.40 bits per heavy atom. The maximum atomic E-state index is 11.0. The lowest BCUT2D eigenvalue weighted by Crippen LogP contribution is -2.24. The van der Waals surface area contributed by atoms with E-state index in [-0.39, 0.29) is 12.3 Å². The standard InChI is InChI=1S/C8H12N2O5/c1-3-15-8(14)5(2)9-10-6(11)4-7(12)13/h3-4H2,1-2H3,(H,10,11)(H,12,13)/b9-5-. The van der Waals surface area contributed by atoms with Crippen molar-refractivity contribution in [3.63, 3.8) is 0 Å². The van der Waals surface area contributed by atoms with Crippen LogP contribution in [0.2, 0.25) is 0 Å². The lowest BCUT2D eigenvalue weighted by molar-refractivity contribution is -0.140. The van der Waals surface area contributed by atoms with Gasteiger partial charge in [-0.25, -0.2) is 10.2 Å². The third-order valence-electron chi connectivity index (χ3n) is 1.23. The third kappa shape index (κ3) is 6.19. The number of ether oxygens (including phenoxy) is 1. The fraction of sp³-hybridized carbons (Fsp3) is 0.500. The number of rotatable bonds is 5. The largest absolute Gasteiger partial charge is 0.481 e. The van der Waals surface area contributed by atoms with E-state index in [1.165, 1.54) is 6.92 Å². The molecule has 15 heavy (non-hydrogen) atoms. The normalized spacial score (nSPS) is 10.7. The molecule has 84 valence electrons. The predicted octanol–water partition coefficient (Wildman–Crippen LogP) is -0.484. The molecule has 1 amide bonds. The molecule has 2 N–H and O–H groups in total. The van der Waals surface area contributed by atoms with E-state index in [9.17, 15) is 14.4 Å². The summed E-state index contributed by atoms with van der Waals surface area (Å²) in [7, 11) is 0. The molecule has 7 nitrogen and oxygen atoms in total. The van der Waals surface area contributed by atoms with E-state index in [0.717, 1.165) is 0 Å². The topological polar surface area (TPSA) is 105 Å². The summed E-state index contributed by atoms with van der Waals surface area (Å²) >= 11 is 0. The summed E-state index contributed by atoms with van der Waals surface area (Å²) in [5.74, 6) is -2.73. The van der Waals surface area contributed by atoms with Crippen molar-refractivity contribution in [3.8, 4) is 0 Å². The molecule has 0 fully saturated rings. The fourth-order valence-corrected chi connectivity index (χ4v) is 0.604. The molecule has 0 aromatic heterocycles. The minimum absolute atomic E-state index is 0.0458. The van der Waals surface area contributed by atoms with Gasteiger partial charge in [-0.05, 0) is 13.8 Å². The van der Waals surface area contributed by atoms with Gasteiger partial charge in [-0.3, -0.25) is 9.59 Å². The summed E-state index contributed by atoms with van der Waals surface area (Å²) in [4.78, 5) is 31.8. The highest BCUT2D eigenvalue weighted by Crippen LogP contribution is 1.84. The van der Waals surface area contributed by atoms with Crippen LogP contribution in [-0.4, -0.2) is 35.3 Å². The number of amides is 1. The van der Waals surface area contributed by atoms with Crippen LogP contribution in [0.25, 0.3) is 0 Å². The van der Waals surface area contributed by atoms with Crippen LogP contribution in [-0.2, 0) is 19.1 Å². The van der Waals surface area contributed by atoms with Crippen molar-refractivity contribution in [2.75, 3.05) is 6.61 Å². The summed E-state index contributed by atoms with van der Waals surface area (Å²) in [5.41, 5.74) is 1.87. The van der Waals surface area contributed by atoms with Crippen LogP contribution in [0.4, 0.5) is 0 Å². The fourth-order valence-electron chi connectivity index (χ4n) is 0.604. The van der Waals surface area contributed by atoms with E-state index in [0.29, 0.717) is 0 Å². The molecule has 0 atom stereocenters. The van der Waals surface area contributed by atoms with Gasteiger partial charge < -0.3 is 9.84 Å². The molecule has 0 rings (SSSR count). The molecule has 7 heteroatoms. The van der Waals surface area contributed by atoms with Crippen LogP contribution in [0.1, 0.15) is 20.3 Å². The number of aliphatic carboxylic acids is 1. The quantitative estimate of drug-likeness (QED) is 0.279. The van der Waals surface area contributed by atoms with Crippen molar-refractivity contribution in [2.24, 2.45) is 5.10 Å². The van der Waals surface area contributed by atoms with Gasteiger partial charge in [0.15, 0.2) is 0 Å². The number of carboxylic acids is 1. The molecule has 0 heterocycles. The summed E-state index contributed by atoms with van der Waals surface area (Å²) in [6.07, 6.45) is -0.695. The minimum Gasteiger partial charge on any atom is -0.481 e. The zero-order chi connectivity index (χ0) is 11.8. The first kappa shape index (κ1) is 13.1. The molecule has 0 aliphatic rings. The van der Waals surface area contributed by atoms with Gasteiger partial charge in [-0.2, -0.15) is 5.10 Å². The molecule has 0 spiro atoms. The van der Waals surface area contributed by atoms with Crippen molar-refractivity contribution < 1.29 is 24.2 Å². The maximum Gasteiger partial charge on any atom is 0.354 e. The first-order valence-electron chi connectivity index (χ1n) is 4.19. The van der Waals surface area contributed by atoms with Gasteiger partial charge >= 0.3 is 11.9 Å². The number of carbonyl (C=O) groups is 3. The number of hydrogen-bond donors (Lipinski definition) is 2. The third-order valence-corrected chi connectivity index (χ3v) is 1.23. The van der Waals surface area contributed by atoms with Crippen LogP contribution in [0.15, 0.2) is 5.10 Å². The molecule has 0 aromatic carbocycles. The lowest BCUT2D eigenvalue weighted by Gasteiger charge is -2.00. The SMILES string of the molecule is CCOC(=O)/C(C)=N\NC(=O)CC(=O)O. The molecule has 0 saturated carbocycles. The van der Waals surface area contributed by atoms with E-state index in [1.54, 1.807) is 6.92 Å². The van der Waals surface area contributed by atoms with Crippen LogP contribution in [0.5, 0.6) is 0 Å². The Bertz CT molecular complexity index is 297. The summed E-state index contributed by atoms with van der Waals surface area (Å²) in [6.45, 7) is 3.18. The molecule has 0 aromatic rings. The van der Waals surface area contributed by atoms with E-state index in [2.05, 4.69) is 9.84 Å². The smallest absolute Gasteiger partial charge is 0.354 e. The molecule has 0 aliphatic carbocycles. The average molecular weight is 216 g/mol. The zero-order valence-corrected chi connectivity index (χ0v) is 8.44. The first-order valence-corrected chi connectivity index (χ1v) is 4.19. The highest BCUT2D eigenvalue weighted by Gasteiger charge is 2.09. The number of esters is 1. The van der Waals surface area contributed by atoms with E-state index < -0.39 is 24.3 Å². The summed E-state index contributed by atoms with van der Waals surface area (Å²) in [6, 6.07) is 0. The van der Waals surface area contributed by atoms with Gasteiger partial charge in [0, 0.05) is 0 Å². The highest BCUT2D eigenvalue weighted by atomic mass is 16.5. The number of hydrogen-bond acceptors (Lipinski definition) is 5. The number of hydrazone groups is 1. The van der Waals surface area contributed by atoms with Crippen molar-refractivity contribution in [3.05, 3.63) is 0 Å². The predicted molar refractivity (Wildman–Crippen MR) is 50.1 cm³/mol. The second-order valence-electron chi connectivity index (χ2n) is 2.52. The van der Waals surface area contributed by atoms with Crippen LogP contribution >= 0.6 is 0 Å². The molecule has 0 bridgehead atoms. The number of nitrogens with zero attached hydrogens (tertiary/aromatic N) is 1. The highest BCUT2D eigenvalue weighted by molar-refractivity contribution is 6.35. The minimum atomic E-state index is -1.27. The van der Waals surface area contributed by atoms with Crippen LogP contribution < -0.4 is 5.43 Å². The van der Waals surface area contributed by atoms with Crippen molar-refractivity contribution >= 4 is 23.6 Å². The monoisotopic (exact) mass is 216 g/mol. The van der Waals surface area contributed by atoms with Crippen LogP contribution in [0, 0.1) is 0 Å². The van der Waals surface area contributed by atoms with E-state index in [1.807, 2.05) is 5.43 Å². The van der Waals surface area contributed by atoms with Crippen molar-refractivity contribution in [2.45, 2.75) is 20.3 Å². The Balaban J connectivity index is 4.10. The van der Waals surface area contributed by atoms with Crippen molar-refractivity contribution in [1.29, 1.82) is 0 Å². The maximum absolute atomic E-state index is 11.0. The van der Waals surface area contributed by atoms with E-state index >= 15 is 0 Å². The van der Waals surface area contributed by atoms with E-state index in [4.69, 9.17) is 5.11 Å². The second-order valence-corrected chi connectivity index (χ2v) is 2.52. The Kier molecular flexibility index (Phi) is 5.69. The Morgan fingerprint density at radius 2 is 2.00 bits per heavy atom. The molecule has 0 aliphatic heterocycles. The number of nitrogens with one attached hydrogen (secondary N) is 1. The average Bonchev–Trinajstić information content (AvgIpc) is 2.13. The first-order chi connectivity index (χ1) is 6.97. The van der Waals surface area contributed by atoms with Crippen molar-refractivity contribution in [1.82, 2.24) is 5.43 Å². The molecule has 0 radical (unpaired) electrons. The summed E-state index contributed by atoms with van der Waals surface area (Å²) in [5, 5.41) is 11.6. The molecular formula is C8H12N2O5.